The first-order valence-corrected chi connectivity index (χ1v) is 10.3. The number of carbonyl (C=O) groups excluding carboxylic acids is 1. The molecule has 1 amide bonds. The zero-order chi connectivity index (χ0) is 18.0. The minimum absolute atomic E-state index is 0.178. The topological polar surface area (TPSA) is 66.5 Å². The summed E-state index contributed by atoms with van der Waals surface area (Å²) in [5.41, 5.74) is 0.523. The van der Waals surface area contributed by atoms with Gasteiger partial charge in [0.25, 0.3) is 10.0 Å². The van der Waals surface area contributed by atoms with Crippen molar-refractivity contribution in [2.45, 2.75) is 17.1 Å². The number of halogens is 2. The highest BCUT2D eigenvalue weighted by molar-refractivity contribution is 7.91. The maximum absolute atomic E-state index is 12.9. The van der Waals surface area contributed by atoms with Crippen LogP contribution in [0.15, 0.2) is 40.6 Å². The van der Waals surface area contributed by atoms with Crippen LogP contribution >= 0.6 is 22.9 Å². The van der Waals surface area contributed by atoms with Gasteiger partial charge in [-0.2, -0.15) is 4.31 Å². The molecule has 1 aliphatic rings. The van der Waals surface area contributed by atoms with Gasteiger partial charge in [0.05, 0.1) is 4.34 Å². The predicted molar refractivity (Wildman–Crippen MR) is 95.8 cm³/mol. The Hall–Kier alpha value is -1.48. The van der Waals surface area contributed by atoms with E-state index in [1.807, 2.05) is 0 Å². The van der Waals surface area contributed by atoms with E-state index < -0.39 is 10.0 Å². The van der Waals surface area contributed by atoms with Crippen LogP contribution in [0.1, 0.15) is 12.8 Å². The minimum atomic E-state index is -3.56. The lowest BCUT2D eigenvalue weighted by Gasteiger charge is -2.30. The molecule has 1 saturated heterocycles. The second-order valence-corrected chi connectivity index (χ2v) is 9.61. The fourth-order valence-electron chi connectivity index (χ4n) is 2.70. The van der Waals surface area contributed by atoms with E-state index in [1.54, 1.807) is 6.07 Å². The fourth-order valence-corrected chi connectivity index (χ4v) is 5.81. The molecule has 2 heterocycles. The lowest BCUT2D eigenvalue weighted by molar-refractivity contribution is -0.120. The van der Waals surface area contributed by atoms with Crippen molar-refractivity contribution in [3.63, 3.8) is 0 Å². The van der Waals surface area contributed by atoms with E-state index in [2.05, 4.69) is 5.32 Å². The maximum atomic E-state index is 12.9. The van der Waals surface area contributed by atoms with Crippen molar-refractivity contribution in [2.75, 3.05) is 18.4 Å². The van der Waals surface area contributed by atoms with Gasteiger partial charge >= 0.3 is 0 Å². The van der Waals surface area contributed by atoms with Gasteiger partial charge < -0.3 is 5.32 Å². The molecule has 3 rings (SSSR count). The molecule has 0 bridgehead atoms. The average molecular weight is 403 g/mol. The maximum Gasteiger partial charge on any atom is 0.252 e. The molecule has 1 aliphatic heterocycles. The van der Waals surface area contributed by atoms with Crippen LogP contribution in [0.2, 0.25) is 4.34 Å². The summed E-state index contributed by atoms with van der Waals surface area (Å²) >= 11 is 6.84. The van der Waals surface area contributed by atoms with E-state index in [0.717, 1.165) is 11.3 Å². The number of rotatable bonds is 4. The van der Waals surface area contributed by atoms with Crippen LogP contribution < -0.4 is 5.32 Å². The Morgan fingerprint density at radius 3 is 2.36 bits per heavy atom. The van der Waals surface area contributed by atoms with Crippen LogP contribution in [-0.2, 0) is 14.8 Å². The van der Waals surface area contributed by atoms with Gasteiger partial charge in [-0.05, 0) is 49.2 Å². The number of sulfonamides is 1. The zero-order valence-electron chi connectivity index (χ0n) is 13.1. The first-order chi connectivity index (χ1) is 11.9. The number of nitrogens with zero attached hydrogens (tertiary/aromatic N) is 1. The molecule has 1 aromatic carbocycles. The third-order valence-corrected chi connectivity index (χ3v) is 7.68. The Morgan fingerprint density at radius 2 is 1.80 bits per heavy atom. The highest BCUT2D eigenvalue weighted by Gasteiger charge is 2.32. The number of hydrogen-bond donors (Lipinski definition) is 1. The van der Waals surface area contributed by atoms with Crippen molar-refractivity contribution < 1.29 is 17.6 Å². The quantitative estimate of drug-likeness (QED) is 0.849. The van der Waals surface area contributed by atoms with Gasteiger partial charge in [-0.3, -0.25) is 4.79 Å². The van der Waals surface area contributed by atoms with Crippen LogP contribution in [0.5, 0.6) is 0 Å². The number of hydrogen-bond acceptors (Lipinski definition) is 4. The first-order valence-electron chi connectivity index (χ1n) is 7.68. The summed E-state index contributed by atoms with van der Waals surface area (Å²) < 4.78 is 40.0. The van der Waals surface area contributed by atoms with Crippen LogP contribution in [0, 0.1) is 11.7 Å². The summed E-state index contributed by atoms with van der Waals surface area (Å²) in [5, 5.41) is 2.74. The molecule has 25 heavy (non-hydrogen) atoms. The molecule has 1 N–H and O–H groups in total. The SMILES string of the molecule is O=C(Nc1ccc(F)cc1)C1CCN(S(=O)(=O)c2ccc(Cl)s2)CC1. The van der Waals surface area contributed by atoms with Crippen molar-refractivity contribution in [2.24, 2.45) is 5.92 Å². The number of thiophene rings is 1. The summed E-state index contributed by atoms with van der Waals surface area (Å²) in [7, 11) is -3.56. The molecule has 0 aliphatic carbocycles. The molecule has 0 radical (unpaired) electrons. The Bertz CT molecular complexity index is 860. The Kier molecular flexibility index (Phi) is 5.43. The number of nitrogens with one attached hydrogen (secondary N) is 1. The molecule has 1 aromatic heterocycles. The normalized spacial score (nSPS) is 16.7. The minimum Gasteiger partial charge on any atom is -0.326 e. The van der Waals surface area contributed by atoms with Crippen LogP contribution in [0.3, 0.4) is 0 Å². The molecule has 2 aromatic rings. The molecule has 9 heteroatoms. The largest absolute Gasteiger partial charge is 0.326 e. The highest BCUT2D eigenvalue weighted by atomic mass is 35.5. The van der Waals surface area contributed by atoms with Crippen LogP contribution in [0.4, 0.5) is 10.1 Å². The summed E-state index contributed by atoms with van der Waals surface area (Å²) in [6, 6.07) is 8.59. The zero-order valence-corrected chi connectivity index (χ0v) is 15.5. The Labute approximate surface area is 154 Å². The van der Waals surface area contributed by atoms with E-state index in [4.69, 9.17) is 11.6 Å². The molecular weight excluding hydrogens is 387 g/mol. The van der Waals surface area contributed by atoms with Crippen LogP contribution in [0.25, 0.3) is 0 Å². The van der Waals surface area contributed by atoms with Gasteiger partial charge in [0.1, 0.15) is 10.0 Å². The molecule has 5 nitrogen and oxygen atoms in total. The van der Waals surface area contributed by atoms with Crippen molar-refractivity contribution in [3.8, 4) is 0 Å². The predicted octanol–water partition coefficient (Wildman–Crippen LogP) is 3.58. The number of carbonyl (C=O) groups is 1. The van der Waals surface area contributed by atoms with Crippen molar-refractivity contribution in [1.29, 1.82) is 0 Å². The highest BCUT2D eigenvalue weighted by Crippen LogP contribution is 2.30. The summed E-state index contributed by atoms with van der Waals surface area (Å²) in [6.45, 7) is 0.554. The third-order valence-electron chi connectivity index (χ3n) is 4.08. The van der Waals surface area contributed by atoms with Gasteiger partial charge in [-0.25, -0.2) is 12.8 Å². The fraction of sp³-hybridized carbons (Fsp3) is 0.312. The summed E-state index contributed by atoms with van der Waals surface area (Å²) in [5.74, 6) is -0.823. The van der Waals surface area contributed by atoms with Crippen molar-refractivity contribution >= 4 is 44.6 Å². The third kappa shape index (κ3) is 4.20. The van der Waals surface area contributed by atoms with E-state index in [-0.39, 0.29) is 34.9 Å². The monoisotopic (exact) mass is 402 g/mol. The standard InChI is InChI=1S/C16H16ClFN2O3S2/c17-14-5-6-15(24-14)25(22,23)20-9-7-11(8-10-20)16(21)19-13-3-1-12(18)2-4-13/h1-6,11H,7-10H2,(H,19,21). The second kappa shape index (κ2) is 7.41. The second-order valence-electron chi connectivity index (χ2n) is 5.73. The molecular formula is C16H16ClFN2O3S2. The molecule has 0 unspecified atom stereocenters. The van der Waals surface area contributed by atoms with E-state index in [0.29, 0.717) is 22.9 Å². The lowest BCUT2D eigenvalue weighted by Crippen LogP contribution is -2.41. The lowest BCUT2D eigenvalue weighted by atomic mass is 9.97. The molecule has 134 valence electrons. The van der Waals surface area contributed by atoms with Gasteiger partial charge in [-0.15, -0.1) is 11.3 Å². The molecule has 0 saturated carbocycles. The van der Waals surface area contributed by atoms with Gasteiger partial charge in [0.2, 0.25) is 5.91 Å². The van der Waals surface area contributed by atoms with E-state index in [9.17, 15) is 17.6 Å². The number of amides is 1. The average Bonchev–Trinajstić information content (AvgIpc) is 3.04. The number of piperidine rings is 1. The first kappa shape index (κ1) is 18.3. The number of anilines is 1. The van der Waals surface area contributed by atoms with E-state index >= 15 is 0 Å². The Balaban J connectivity index is 1.59. The van der Waals surface area contributed by atoms with Crippen molar-refractivity contribution in [3.05, 3.63) is 46.6 Å². The molecule has 1 fully saturated rings. The van der Waals surface area contributed by atoms with Gasteiger partial charge in [-0.1, -0.05) is 11.6 Å². The van der Waals surface area contributed by atoms with Gasteiger partial charge in [0.15, 0.2) is 0 Å². The van der Waals surface area contributed by atoms with Crippen molar-refractivity contribution in [1.82, 2.24) is 4.31 Å². The number of benzene rings is 1. The Morgan fingerprint density at radius 1 is 1.16 bits per heavy atom. The smallest absolute Gasteiger partial charge is 0.252 e. The summed E-state index contributed by atoms with van der Waals surface area (Å²) in [6.07, 6.45) is 0.872. The summed E-state index contributed by atoms with van der Waals surface area (Å²) in [4.78, 5) is 12.3. The van der Waals surface area contributed by atoms with Crippen LogP contribution in [-0.4, -0.2) is 31.7 Å². The molecule has 0 atom stereocenters. The van der Waals surface area contributed by atoms with E-state index in [1.165, 1.54) is 34.6 Å². The molecule has 0 spiro atoms. The van der Waals surface area contributed by atoms with Gasteiger partial charge in [0, 0.05) is 24.7 Å².